The van der Waals surface area contributed by atoms with Gasteiger partial charge in [-0.3, -0.25) is 0 Å². The zero-order chi connectivity index (χ0) is 14.5. The third kappa shape index (κ3) is 4.72. The van der Waals surface area contributed by atoms with Gasteiger partial charge in [-0.1, -0.05) is 27.2 Å². The summed E-state index contributed by atoms with van der Waals surface area (Å²) < 4.78 is 27.5. The van der Waals surface area contributed by atoms with Gasteiger partial charge in [0.15, 0.2) is 0 Å². The van der Waals surface area contributed by atoms with E-state index in [-0.39, 0.29) is 11.3 Å². The molecule has 0 saturated heterocycles. The Morgan fingerprint density at radius 3 is 2.47 bits per heavy atom. The molecule has 0 spiro atoms. The molecule has 0 aromatic carbocycles. The van der Waals surface area contributed by atoms with E-state index in [1.807, 2.05) is 0 Å². The van der Waals surface area contributed by atoms with Crippen LogP contribution in [-0.4, -0.2) is 32.8 Å². The second kappa shape index (κ2) is 7.60. The molecule has 2 N–H and O–H groups in total. The number of hydrogen-bond acceptors (Lipinski definition) is 3. The lowest BCUT2D eigenvalue weighted by Gasteiger charge is -2.23. The molecule has 1 fully saturated rings. The Kier molecular flexibility index (Phi) is 6.77. The molecule has 114 valence electrons. The van der Waals surface area contributed by atoms with Crippen molar-refractivity contribution in [2.45, 2.75) is 64.7 Å². The van der Waals surface area contributed by atoms with Crippen molar-refractivity contribution in [1.29, 1.82) is 0 Å². The van der Waals surface area contributed by atoms with Gasteiger partial charge in [0.1, 0.15) is 0 Å². The average molecular weight is 290 g/mol. The Balaban J connectivity index is 2.50. The predicted molar refractivity (Wildman–Crippen MR) is 80.6 cm³/mol. The largest absolute Gasteiger partial charge is 0.315 e. The molecule has 0 amide bonds. The van der Waals surface area contributed by atoms with Crippen LogP contribution in [0.5, 0.6) is 0 Å². The molecule has 1 aliphatic rings. The van der Waals surface area contributed by atoms with E-state index in [4.69, 9.17) is 0 Å². The summed E-state index contributed by atoms with van der Waals surface area (Å²) in [6, 6.07) is 0.128. The predicted octanol–water partition coefficient (Wildman–Crippen LogP) is 2.12. The fourth-order valence-electron chi connectivity index (χ4n) is 2.91. The first-order valence-corrected chi connectivity index (χ1v) is 9.18. The minimum Gasteiger partial charge on any atom is -0.315 e. The van der Waals surface area contributed by atoms with Crippen LogP contribution in [0.25, 0.3) is 0 Å². The van der Waals surface area contributed by atoms with Gasteiger partial charge in [0.2, 0.25) is 10.0 Å². The summed E-state index contributed by atoms with van der Waals surface area (Å²) in [5.74, 6) is 1.12. The van der Waals surface area contributed by atoms with Gasteiger partial charge >= 0.3 is 0 Å². The first-order valence-electron chi connectivity index (χ1n) is 7.64. The lowest BCUT2D eigenvalue weighted by Crippen LogP contribution is -2.45. The molecule has 0 aliphatic heterocycles. The van der Waals surface area contributed by atoms with Crippen LogP contribution >= 0.6 is 0 Å². The number of sulfonamides is 1. The van der Waals surface area contributed by atoms with Crippen LogP contribution in [0.4, 0.5) is 0 Å². The molecule has 1 rings (SSSR count). The SMILES string of the molecule is CCCNCC(C)S(=O)(=O)NC1CCC(CC)C1C. The molecule has 0 heterocycles. The van der Waals surface area contributed by atoms with Gasteiger partial charge in [-0.05, 0) is 44.6 Å². The molecule has 1 aliphatic carbocycles. The summed E-state index contributed by atoms with van der Waals surface area (Å²) in [5.41, 5.74) is 0. The second-order valence-corrected chi connectivity index (χ2v) is 8.02. The van der Waals surface area contributed by atoms with Crippen molar-refractivity contribution >= 4 is 10.0 Å². The standard InChI is InChI=1S/C14H30N2O2S/c1-5-9-15-10-11(3)19(17,18)16-14-8-7-13(6-2)12(14)4/h11-16H,5-10H2,1-4H3. The summed E-state index contributed by atoms with van der Waals surface area (Å²) in [4.78, 5) is 0. The fourth-order valence-corrected chi connectivity index (χ4v) is 4.23. The highest BCUT2D eigenvalue weighted by Crippen LogP contribution is 2.34. The first-order chi connectivity index (χ1) is 8.92. The monoisotopic (exact) mass is 290 g/mol. The summed E-state index contributed by atoms with van der Waals surface area (Å²) in [7, 11) is -3.20. The Hall–Kier alpha value is -0.130. The molecule has 19 heavy (non-hydrogen) atoms. The topological polar surface area (TPSA) is 58.2 Å². The van der Waals surface area contributed by atoms with Crippen LogP contribution in [0, 0.1) is 11.8 Å². The van der Waals surface area contributed by atoms with Crippen molar-refractivity contribution in [2.24, 2.45) is 11.8 Å². The average Bonchev–Trinajstić information content (AvgIpc) is 2.70. The third-order valence-corrected chi connectivity index (χ3v) is 6.31. The quantitative estimate of drug-likeness (QED) is 0.673. The molecule has 0 aromatic rings. The van der Waals surface area contributed by atoms with Crippen LogP contribution in [0.2, 0.25) is 0 Å². The van der Waals surface area contributed by atoms with E-state index < -0.39 is 10.0 Å². The van der Waals surface area contributed by atoms with Crippen molar-refractivity contribution in [3.05, 3.63) is 0 Å². The second-order valence-electron chi connectivity index (χ2n) is 5.89. The summed E-state index contributed by atoms with van der Waals surface area (Å²) in [6.45, 7) is 9.63. The maximum absolute atomic E-state index is 12.3. The zero-order valence-electron chi connectivity index (χ0n) is 12.8. The molecule has 4 unspecified atom stereocenters. The zero-order valence-corrected chi connectivity index (χ0v) is 13.6. The summed E-state index contributed by atoms with van der Waals surface area (Å²) in [5, 5.41) is 2.81. The minimum absolute atomic E-state index is 0.128. The number of rotatable bonds is 8. The van der Waals surface area contributed by atoms with Crippen LogP contribution in [0.3, 0.4) is 0 Å². The van der Waals surface area contributed by atoms with Crippen molar-refractivity contribution in [2.75, 3.05) is 13.1 Å². The van der Waals surface area contributed by atoms with Gasteiger partial charge < -0.3 is 5.32 Å². The van der Waals surface area contributed by atoms with E-state index in [2.05, 4.69) is 30.8 Å². The Morgan fingerprint density at radius 2 is 1.95 bits per heavy atom. The lowest BCUT2D eigenvalue weighted by atomic mass is 9.94. The number of hydrogen-bond donors (Lipinski definition) is 2. The van der Waals surface area contributed by atoms with Crippen LogP contribution < -0.4 is 10.0 Å². The van der Waals surface area contributed by atoms with Crippen molar-refractivity contribution in [3.8, 4) is 0 Å². The van der Waals surface area contributed by atoms with E-state index in [1.54, 1.807) is 6.92 Å². The smallest absolute Gasteiger partial charge is 0.215 e. The maximum Gasteiger partial charge on any atom is 0.215 e. The van der Waals surface area contributed by atoms with Crippen LogP contribution in [0.15, 0.2) is 0 Å². The van der Waals surface area contributed by atoms with Crippen molar-refractivity contribution < 1.29 is 8.42 Å². The molecule has 1 saturated carbocycles. The first kappa shape index (κ1) is 16.9. The Morgan fingerprint density at radius 1 is 1.26 bits per heavy atom. The van der Waals surface area contributed by atoms with Gasteiger partial charge in [0.25, 0.3) is 0 Å². The molecule has 0 bridgehead atoms. The van der Waals surface area contributed by atoms with E-state index >= 15 is 0 Å². The highest BCUT2D eigenvalue weighted by Gasteiger charge is 2.35. The maximum atomic E-state index is 12.3. The fraction of sp³-hybridized carbons (Fsp3) is 1.00. The lowest BCUT2D eigenvalue weighted by molar-refractivity contribution is 0.368. The van der Waals surface area contributed by atoms with Gasteiger partial charge in [0, 0.05) is 12.6 Å². The molecule has 4 nitrogen and oxygen atoms in total. The Labute approximate surface area is 118 Å². The van der Waals surface area contributed by atoms with E-state index in [0.717, 1.165) is 32.2 Å². The van der Waals surface area contributed by atoms with Gasteiger partial charge in [-0.25, -0.2) is 13.1 Å². The minimum atomic E-state index is -3.20. The number of nitrogens with one attached hydrogen (secondary N) is 2. The molecule has 0 aromatic heterocycles. The normalized spacial score (nSPS) is 29.6. The Bertz CT molecular complexity index is 356. The van der Waals surface area contributed by atoms with Gasteiger partial charge in [-0.15, -0.1) is 0 Å². The third-order valence-electron chi connectivity index (χ3n) is 4.46. The van der Waals surface area contributed by atoms with Gasteiger partial charge in [0.05, 0.1) is 5.25 Å². The summed E-state index contributed by atoms with van der Waals surface area (Å²) >= 11 is 0. The highest BCUT2D eigenvalue weighted by molar-refractivity contribution is 7.90. The van der Waals surface area contributed by atoms with E-state index in [9.17, 15) is 8.42 Å². The van der Waals surface area contributed by atoms with Crippen molar-refractivity contribution in [1.82, 2.24) is 10.0 Å². The van der Waals surface area contributed by atoms with Crippen molar-refractivity contribution in [3.63, 3.8) is 0 Å². The molecule has 0 radical (unpaired) electrons. The van der Waals surface area contributed by atoms with Crippen LogP contribution in [-0.2, 0) is 10.0 Å². The molecular formula is C14H30N2O2S. The summed E-state index contributed by atoms with van der Waals surface area (Å²) in [6.07, 6.45) is 4.30. The van der Waals surface area contributed by atoms with Gasteiger partial charge in [-0.2, -0.15) is 0 Å². The molecule has 5 heteroatoms. The highest BCUT2D eigenvalue weighted by atomic mass is 32.2. The molecular weight excluding hydrogens is 260 g/mol. The van der Waals surface area contributed by atoms with E-state index in [1.165, 1.54) is 0 Å². The van der Waals surface area contributed by atoms with E-state index in [0.29, 0.717) is 18.4 Å². The van der Waals surface area contributed by atoms with Crippen LogP contribution in [0.1, 0.15) is 53.4 Å². The molecule has 4 atom stereocenters.